The van der Waals surface area contributed by atoms with Gasteiger partial charge in [-0.3, -0.25) is 0 Å². The molecule has 1 aliphatic carbocycles. The van der Waals surface area contributed by atoms with E-state index in [1.54, 1.807) is 11.1 Å². The van der Waals surface area contributed by atoms with Crippen molar-refractivity contribution in [1.82, 2.24) is 0 Å². The summed E-state index contributed by atoms with van der Waals surface area (Å²) in [6.07, 6.45) is 5.35. The fourth-order valence-corrected chi connectivity index (χ4v) is 2.60. The summed E-state index contributed by atoms with van der Waals surface area (Å²) < 4.78 is 0. The molecule has 14 heavy (non-hydrogen) atoms. The minimum Gasteiger partial charge on any atom is -0.0736 e. The number of rotatable bonds is 1. The molecule has 0 fully saturated rings. The quantitative estimate of drug-likeness (QED) is 0.518. The third-order valence-electron chi connectivity index (χ3n) is 3.39. The normalized spacial score (nSPS) is 22.7. The average molecular weight is 194 g/mol. The lowest BCUT2D eigenvalue weighted by Gasteiger charge is -2.37. The van der Waals surface area contributed by atoms with E-state index in [0.717, 1.165) is 0 Å². The molecular weight excluding hydrogens is 168 g/mol. The molecule has 0 bridgehead atoms. The fourth-order valence-electron chi connectivity index (χ4n) is 2.60. The molecule has 0 atom stereocenters. The molecule has 0 heteroatoms. The smallest absolute Gasteiger partial charge is 0.0142 e. The zero-order valence-corrected chi connectivity index (χ0v) is 10.8. The standard InChI is InChI=1S/C14H26/c1-11-8-7-9-14(5,6)12(11)10-13(2,3)4/h7-10H2,1-6H3. The van der Waals surface area contributed by atoms with Crippen LogP contribution in [0.4, 0.5) is 0 Å². The molecule has 0 aromatic rings. The summed E-state index contributed by atoms with van der Waals surface area (Å²) in [7, 11) is 0. The van der Waals surface area contributed by atoms with Gasteiger partial charge in [0.25, 0.3) is 0 Å². The largest absolute Gasteiger partial charge is 0.0736 e. The van der Waals surface area contributed by atoms with Gasteiger partial charge in [0, 0.05) is 0 Å². The van der Waals surface area contributed by atoms with Gasteiger partial charge in [0.15, 0.2) is 0 Å². The molecule has 0 aliphatic heterocycles. The summed E-state index contributed by atoms with van der Waals surface area (Å²) in [4.78, 5) is 0. The summed E-state index contributed by atoms with van der Waals surface area (Å²) in [6, 6.07) is 0. The summed E-state index contributed by atoms with van der Waals surface area (Å²) in [6.45, 7) is 14.2. The highest BCUT2D eigenvalue weighted by atomic mass is 14.4. The maximum Gasteiger partial charge on any atom is -0.0142 e. The van der Waals surface area contributed by atoms with E-state index in [2.05, 4.69) is 41.5 Å². The molecule has 0 saturated heterocycles. The van der Waals surface area contributed by atoms with Crippen molar-refractivity contribution in [2.24, 2.45) is 10.8 Å². The molecule has 0 spiro atoms. The van der Waals surface area contributed by atoms with Crippen LogP contribution < -0.4 is 0 Å². The Bertz CT molecular complexity index is 235. The second-order valence-electron chi connectivity index (χ2n) is 6.73. The van der Waals surface area contributed by atoms with Crippen LogP contribution in [0, 0.1) is 10.8 Å². The predicted molar refractivity (Wildman–Crippen MR) is 64.4 cm³/mol. The molecule has 0 radical (unpaired) electrons. The lowest BCUT2D eigenvalue weighted by molar-refractivity contribution is 0.304. The van der Waals surface area contributed by atoms with Crippen molar-refractivity contribution >= 4 is 0 Å². The zero-order valence-electron chi connectivity index (χ0n) is 10.8. The Morgan fingerprint density at radius 1 is 1.21 bits per heavy atom. The van der Waals surface area contributed by atoms with E-state index in [1.807, 2.05) is 0 Å². The maximum atomic E-state index is 2.41. The van der Waals surface area contributed by atoms with Gasteiger partial charge in [0.2, 0.25) is 0 Å². The van der Waals surface area contributed by atoms with Crippen molar-refractivity contribution in [2.75, 3.05) is 0 Å². The Balaban J connectivity index is 2.91. The van der Waals surface area contributed by atoms with Crippen LogP contribution in [0.25, 0.3) is 0 Å². The Hall–Kier alpha value is -0.260. The van der Waals surface area contributed by atoms with Crippen LogP contribution in [0.5, 0.6) is 0 Å². The fraction of sp³-hybridized carbons (Fsp3) is 0.857. The van der Waals surface area contributed by atoms with E-state index in [1.165, 1.54) is 25.7 Å². The molecule has 1 aliphatic rings. The van der Waals surface area contributed by atoms with Crippen LogP contribution in [0.1, 0.15) is 67.2 Å². The van der Waals surface area contributed by atoms with E-state index >= 15 is 0 Å². The van der Waals surface area contributed by atoms with Crippen LogP contribution in [-0.4, -0.2) is 0 Å². The first-order valence-corrected chi connectivity index (χ1v) is 5.91. The van der Waals surface area contributed by atoms with Gasteiger partial charge in [-0.2, -0.15) is 0 Å². The minimum atomic E-state index is 0.436. The first-order valence-electron chi connectivity index (χ1n) is 5.91. The van der Waals surface area contributed by atoms with Gasteiger partial charge in [-0.05, 0) is 43.4 Å². The van der Waals surface area contributed by atoms with E-state index in [9.17, 15) is 0 Å². The van der Waals surface area contributed by atoms with Crippen molar-refractivity contribution in [3.63, 3.8) is 0 Å². The van der Waals surface area contributed by atoms with Gasteiger partial charge in [0.05, 0.1) is 0 Å². The van der Waals surface area contributed by atoms with Crippen LogP contribution >= 0.6 is 0 Å². The molecule has 0 nitrogen and oxygen atoms in total. The minimum absolute atomic E-state index is 0.436. The van der Waals surface area contributed by atoms with Gasteiger partial charge < -0.3 is 0 Å². The summed E-state index contributed by atoms with van der Waals surface area (Å²) in [5, 5.41) is 0. The topological polar surface area (TPSA) is 0 Å². The highest BCUT2D eigenvalue weighted by molar-refractivity contribution is 5.23. The van der Waals surface area contributed by atoms with Crippen LogP contribution in [0.15, 0.2) is 11.1 Å². The van der Waals surface area contributed by atoms with Crippen LogP contribution in [0.3, 0.4) is 0 Å². The van der Waals surface area contributed by atoms with Crippen molar-refractivity contribution in [3.05, 3.63) is 11.1 Å². The molecule has 1 rings (SSSR count). The third-order valence-corrected chi connectivity index (χ3v) is 3.39. The molecular formula is C14H26. The lowest BCUT2D eigenvalue weighted by Crippen LogP contribution is -2.24. The van der Waals surface area contributed by atoms with Crippen LogP contribution in [0.2, 0.25) is 0 Å². The van der Waals surface area contributed by atoms with Crippen molar-refractivity contribution in [3.8, 4) is 0 Å². The van der Waals surface area contributed by atoms with E-state index in [0.29, 0.717) is 10.8 Å². The van der Waals surface area contributed by atoms with Gasteiger partial charge in [-0.1, -0.05) is 45.8 Å². The molecule has 0 aromatic heterocycles. The summed E-state index contributed by atoms with van der Waals surface area (Å²) in [5.41, 5.74) is 4.29. The summed E-state index contributed by atoms with van der Waals surface area (Å²) >= 11 is 0. The average Bonchev–Trinajstić information content (AvgIpc) is 1.95. The van der Waals surface area contributed by atoms with Crippen molar-refractivity contribution in [1.29, 1.82) is 0 Å². The molecule has 0 aromatic carbocycles. The maximum absolute atomic E-state index is 2.41. The third kappa shape index (κ3) is 2.87. The van der Waals surface area contributed by atoms with Crippen LogP contribution in [-0.2, 0) is 0 Å². The molecule has 0 heterocycles. The Morgan fingerprint density at radius 3 is 2.21 bits per heavy atom. The highest BCUT2D eigenvalue weighted by Crippen LogP contribution is 2.44. The molecule has 82 valence electrons. The molecule has 0 saturated carbocycles. The number of hydrogen-bond donors (Lipinski definition) is 0. The van der Waals surface area contributed by atoms with E-state index in [-0.39, 0.29) is 0 Å². The van der Waals surface area contributed by atoms with E-state index < -0.39 is 0 Å². The monoisotopic (exact) mass is 194 g/mol. The summed E-state index contributed by atoms with van der Waals surface area (Å²) in [5.74, 6) is 0. The first kappa shape index (κ1) is 11.8. The lowest BCUT2D eigenvalue weighted by atomic mass is 9.68. The highest BCUT2D eigenvalue weighted by Gasteiger charge is 2.30. The predicted octanol–water partition coefficient (Wildman–Crippen LogP) is 4.95. The molecule has 0 amide bonds. The second-order valence-corrected chi connectivity index (χ2v) is 6.73. The Morgan fingerprint density at radius 2 is 1.79 bits per heavy atom. The van der Waals surface area contributed by atoms with Gasteiger partial charge >= 0.3 is 0 Å². The Kier molecular flexibility index (Phi) is 3.13. The van der Waals surface area contributed by atoms with Gasteiger partial charge in [-0.15, -0.1) is 0 Å². The zero-order chi connectivity index (χ0) is 11.0. The van der Waals surface area contributed by atoms with E-state index in [4.69, 9.17) is 0 Å². The van der Waals surface area contributed by atoms with Crippen molar-refractivity contribution in [2.45, 2.75) is 67.2 Å². The second kappa shape index (κ2) is 3.72. The van der Waals surface area contributed by atoms with Crippen molar-refractivity contribution < 1.29 is 0 Å². The van der Waals surface area contributed by atoms with Gasteiger partial charge in [-0.25, -0.2) is 0 Å². The Labute approximate surface area is 89.8 Å². The number of hydrogen-bond acceptors (Lipinski definition) is 0. The first-order chi connectivity index (χ1) is 6.22. The number of allylic oxidation sites excluding steroid dienone is 2. The molecule has 0 N–H and O–H groups in total. The van der Waals surface area contributed by atoms with Gasteiger partial charge in [0.1, 0.15) is 0 Å². The SMILES string of the molecule is CC1=C(CC(C)(C)C)C(C)(C)CCC1. The molecule has 0 unspecified atom stereocenters.